The predicted octanol–water partition coefficient (Wildman–Crippen LogP) is 0.483. The zero-order chi connectivity index (χ0) is 13.6. The van der Waals surface area contributed by atoms with Crippen LogP contribution in [0.1, 0.15) is 35.8 Å². The molecule has 1 saturated carbocycles. The van der Waals surface area contributed by atoms with Gasteiger partial charge in [0.2, 0.25) is 0 Å². The molecule has 6 nitrogen and oxygen atoms in total. The molecule has 0 bridgehead atoms. The molecule has 6 heteroatoms. The van der Waals surface area contributed by atoms with Crippen LogP contribution in [-0.2, 0) is 4.79 Å². The van der Waals surface area contributed by atoms with Gasteiger partial charge in [0.05, 0.1) is 6.10 Å². The molecule has 2 heterocycles. The highest BCUT2D eigenvalue weighted by molar-refractivity contribution is 5.96. The van der Waals surface area contributed by atoms with Gasteiger partial charge in [0, 0.05) is 25.2 Å². The van der Waals surface area contributed by atoms with Crippen molar-refractivity contribution in [2.45, 2.75) is 37.5 Å². The van der Waals surface area contributed by atoms with Crippen molar-refractivity contribution >= 4 is 11.9 Å². The van der Waals surface area contributed by atoms with Crippen molar-refractivity contribution in [2.24, 2.45) is 0 Å². The van der Waals surface area contributed by atoms with Gasteiger partial charge in [-0.05, 0) is 25.0 Å². The Labute approximate surface area is 110 Å². The number of aliphatic hydroxyl groups excluding tert-OH is 1. The van der Waals surface area contributed by atoms with E-state index in [1.54, 1.807) is 12.1 Å². The average Bonchev–Trinajstić information content (AvgIpc) is 2.96. The van der Waals surface area contributed by atoms with Crippen LogP contribution in [0.4, 0.5) is 0 Å². The van der Waals surface area contributed by atoms with Crippen LogP contribution in [0.25, 0.3) is 0 Å². The molecule has 2 aliphatic rings. The Balaban J connectivity index is 1.86. The first-order valence-electron chi connectivity index (χ1n) is 6.46. The molecule has 2 N–H and O–H groups in total. The fourth-order valence-corrected chi connectivity index (χ4v) is 2.67. The van der Waals surface area contributed by atoms with E-state index >= 15 is 0 Å². The summed E-state index contributed by atoms with van der Waals surface area (Å²) in [5, 5.41) is 18.7. The number of amides is 1. The number of likely N-dealkylation sites (tertiary alicyclic amines) is 1. The number of nitrogens with zero attached hydrogens (tertiary/aromatic N) is 2. The second kappa shape index (κ2) is 4.38. The molecule has 1 aromatic heterocycles. The van der Waals surface area contributed by atoms with Crippen molar-refractivity contribution in [3.05, 3.63) is 24.0 Å². The monoisotopic (exact) mass is 264 g/mol. The first-order valence-corrected chi connectivity index (χ1v) is 6.46. The maximum absolute atomic E-state index is 12.5. The second-order valence-electron chi connectivity index (χ2n) is 5.23. The van der Waals surface area contributed by atoms with Crippen molar-refractivity contribution in [1.82, 2.24) is 9.47 Å². The van der Waals surface area contributed by atoms with Crippen molar-refractivity contribution in [3.8, 4) is 0 Å². The fourth-order valence-electron chi connectivity index (χ4n) is 2.67. The normalized spacial score (nSPS) is 26.7. The largest absolute Gasteiger partial charge is 0.480 e. The summed E-state index contributed by atoms with van der Waals surface area (Å²) in [7, 11) is 0. The van der Waals surface area contributed by atoms with Gasteiger partial charge in [-0.3, -0.25) is 4.79 Å². The molecule has 19 heavy (non-hydrogen) atoms. The first kappa shape index (κ1) is 12.2. The molecular weight excluding hydrogens is 248 g/mol. The highest BCUT2D eigenvalue weighted by Gasteiger charge is 2.40. The first-order chi connectivity index (χ1) is 9.08. The predicted molar refractivity (Wildman–Crippen MR) is 65.8 cm³/mol. The van der Waals surface area contributed by atoms with E-state index in [0.717, 1.165) is 12.8 Å². The van der Waals surface area contributed by atoms with Gasteiger partial charge in [-0.25, -0.2) is 4.79 Å². The van der Waals surface area contributed by atoms with E-state index in [0.29, 0.717) is 11.7 Å². The minimum atomic E-state index is -1.06. The van der Waals surface area contributed by atoms with Crippen LogP contribution in [0.2, 0.25) is 0 Å². The summed E-state index contributed by atoms with van der Waals surface area (Å²) in [6.45, 7) is 0.0889. The summed E-state index contributed by atoms with van der Waals surface area (Å²) in [4.78, 5) is 24.9. The number of hydrogen-bond acceptors (Lipinski definition) is 3. The third kappa shape index (κ3) is 2.12. The number of hydrogen-bond donors (Lipinski definition) is 2. The number of aliphatic carboxylic acids is 1. The zero-order valence-corrected chi connectivity index (χ0v) is 10.4. The number of aromatic nitrogens is 1. The molecule has 1 aliphatic heterocycles. The van der Waals surface area contributed by atoms with Gasteiger partial charge in [0.25, 0.3) is 5.91 Å². The van der Waals surface area contributed by atoms with Gasteiger partial charge in [0.15, 0.2) is 0 Å². The molecule has 1 amide bonds. The number of carbonyl (C=O) groups excluding carboxylic acids is 1. The van der Waals surface area contributed by atoms with Crippen molar-refractivity contribution in [2.75, 3.05) is 6.54 Å². The molecule has 102 valence electrons. The van der Waals surface area contributed by atoms with Crippen LogP contribution in [0, 0.1) is 0 Å². The summed E-state index contributed by atoms with van der Waals surface area (Å²) in [5.74, 6) is -1.37. The van der Waals surface area contributed by atoms with E-state index < -0.39 is 18.1 Å². The topological polar surface area (TPSA) is 82.8 Å². The quantitative estimate of drug-likeness (QED) is 0.832. The van der Waals surface area contributed by atoms with Crippen LogP contribution in [0.5, 0.6) is 0 Å². The van der Waals surface area contributed by atoms with E-state index in [-0.39, 0.29) is 18.9 Å². The number of rotatable bonds is 3. The molecule has 1 aliphatic carbocycles. The van der Waals surface area contributed by atoms with E-state index in [4.69, 9.17) is 5.11 Å². The summed E-state index contributed by atoms with van der Waals surface area (Å²) in [6.07, 6.45) is 3.31. The van der Waals surface area contributed by atoms with Gasteiger partial charge < -0.3 is 19.7 Å². The summed E-state index contributed by atoms with van der Waals surface area (Å²) < 4.78 is 1.91. The van der Waals surface area contributed by atoms with E-state index in [9.17, 15) is 14.7 Å². The van der Waals surface area contributed by atoms with Crippen LogP contribution in [-0.4, -0.2) is 50.2 Å². The molecule has 1 aromatic rings. The average molecular weight is 264 g/mol. The number of β-amino-alcohol motifs (C(OH)–C–C–N with tert-alkyl or cyclic N) is 1. The van der Waals surface area contributed by atoms with Crippen molar-refractivity contribution < 1.29 is 19.8 Å². The molecule has 1 saturated heterocycles. The van der Waals surface area contributed by atoms with Crippen LogP contribution >= 0.6 is 0 Å². The SMILES string of the molecule is O=C(O)[C@@H]1C[C@@H](O)CN1C(=O)c1cccn1C1CC1. The van der Waals surface area contributed by atoms with Crippen molar-refractivity contribution in [3.63, 3.8) is 0 Å². The van der Waals surface area contributed by atoms with Crippen molar-refractivity contribution in [1.29, 1.82) is 0 Å². The maximum atomic E-state index is 12.5. The van der Waals surface area contributed by atoms with Gasteiger partial charge in [-0.2, -0.15) is 0 Å². The van der Waals surface area contributed by atoms with Gasteiger partial charge >= 0.3 is 5.97 Å². The Kier molecular flexibility index (Phi) is 2.82. The minimum absolute atomic E-state index is 0.0889. The summed E-state index contributed by atoms with van der Waals surface area (Å²) >= 11 is 0. The summed E-state index contributed by atoms with van der Waals surface area (Å²) in [5.41, 5.74) is 0.517. The Morgan fingerprint density at radius 2 is 2.05 bits per heavy atom. The number of carboxylic acids is 1. The molecule has 2 atom stereocenters. The van der Waals surface area contributed by atoms with Crippen LogP contribution in [0.3, 0.4) is 0 Å². The molecule has 0 aromatic carbocycles. The van der Waals surface area contributed by atoms with Crippen LogP contribution < -0.4 is 0 Å². The number of carbonyl (C=O) groups is 2. The molecule has 0 radical (unpaired) electrons. The highest BCUT2D eigenvalue weighted by atomic mass is 16.4. The lowest BCUT2D eigenvalue weighted by Gasteiger charge is -2.21. The molecule has 0 unspecified atom stereocenters. The van der Waals surface area contributed by atoms with Crippen LogP contribution in [0.15, 0.2) is 18.3 Å². The standard InChI is InChI=1S/C13H16N2O4/c16-9-6-11(13(18)19)15(7-9)12(17)10-2-1-5-14(10)8-3-4-8/h1-2,5,8-9,11,16H,3-4,6-7H2,(H,18,19)/t9-,11+/m1/s1. The summed E-state index contributed by atoms with van der Waals surface area (Å²) in [6, 6.07) is 2.95. The van der Waals surface area contributed by atoms with E-state index in [2.05, 4.69) is 0 Å². The molecule has 3 rings (SSSR count). The highest BCUT2D eigenvalue weighted by Crippen LogP contribution is 2.36. The third-order valence-electron chi connectivity index (χ3n) is 3.76. The Morgan fingerprint density at radius 1 is 1.32 bits per heavy atom. The van der Waals surface area contributed by atoms with Gasteiger partial charge in [-0.1, -0.05) is 0 Å². The lowest BCUT2D eigenvalue weighted by atomic mass is 10.2. The maximum Gasteiger partial charge on any atom is 0.326 e. The van der Waals surface area contributed by atoms with Gasteiger partial charge in [-0.15, -0.1) is 0 Å². The number of carboxylic acid groups (broad SMARTS) is 1. The molecule has 0 spiro atoms. The lowest BCUT2D eigenvalue weighted by molar-refractivity contribution is -0.141. The Morgan fingerprint density at radius 3 is 2.68 bits per heavy atom. The Bertz CT molecular complexity index is 520. The third-order valence-corrected chi connectivity index (χ3v) is 3.76. The Hall–Kier alpha value is -1.82. The minimum Gasteiger partial charge on any atom is -0.480 e. The number of aliphatic hydroxyl groups is 1. The lowest BCUT2D eigenvalue weighted by Crippen LogP contribution is -2.41. The fraction of sp³-hybridized carbons (Fsp3) is 0.538. The van der Waals surface area contributed by atoms with E-state index in [1.807, 2.05) is 10.8 Å². The van der Waals surface area contributed by atoms with E-state index in [1.165, 1.54) is 4.90 Å². The molecule has 2 fully saturated rings. The molecular formula is C13H16N2O4. The van der Waals surface area contributed by atoms with Gasteiger partial charge in [0.1, 0.15) is 11.7 Å². The zero-order valence-electron chi connectivity index (χ0n) is 10.4. The second-order valence-corrected chi connectivity index (χ2v) is 5.23. The smallest absolute Gasteiger partial charge is 0.326 e.